The van der Waals surface area contributed by atoms with E-state index < -0.39 is 34.9 Å². The number of nitrogens with zero attached hydrogens (tertiary/aromatic N) is 2. The first-order valence-electron chi connectivity index (χ1n) is 11.7. The molecule has 0 fully saturated rings. The molecule has 0 spiro atoms. The van der Waals surface area contributed by atoms with Crippen molar-refractivity contribution in [1.82, 2.24) is 9.36 Å². The Balaban J connectivity index is 1.95. The molecule has 8 heteroatoms. The molecule has 2 atom stereocenters. The van der Waals surface area contributed by atoms with Gasteiger partial charge in [0.25, 0.3) is 11.1 Å². The van der Waals surface area contributed by atoms with E-state index >= 15 is 0 Å². The molecule has 0 bridgehead atoms. The Hall–Kier alpha value is -4.46. The van der Waals surface area contributed by atoms with Crippen LogP contribution in [0.5, 0.6) is 0 Å². The fourth-order valence-electron chi connectivity index (χ4n) is 4.53. The summed E-state index contributed by atoms with van der Waals surface area (Å²) in [4.78, 5) is 50.3. The summed E-state index contributed by atoms with van der Waals surface area (Å²) in [6, 6.07) is 19.6. The number of carbonyl (C=O) groups is 2. The molecule has 4 aromatic rings. The summed E-state index contributed by atoms with van der Waals surface area (Å²) < 4.78 is 2.53. The van der Waals surface area contributed by atoms with Gasteiger partial charge in [0.2, 0.25) is 0 Å². The molecule has 1 aromatic heterocycles. The highest BCUT2D eigenvalue weighted by molar-refractivity contribution is 5.81. The molecule has 0 saturated carbocycles. The molecule has 8 nitrogen and oxygen atoms in total. The molecule has 0 aliphatic carbocycles. The van der Waals surface area contributed by atoms with Crippen molar-refractivity contribution in [1.29, 1.82) is 0 Å². The van der Waals surface area contributed by atoms with Gasteiger partial charge in [0.15, 0.2) is 0 Å². The standard InChI is InChI=1S/C28H26N2O6/c1-3-21(27(33)34)17-9-13-19(14-10-17)29-25(31)23-7-5-6-8-24(23)26(32)30(29)20-15-11-18(12-16-20)22(4-2)28(35)36/h5-16,21-22H,3-4H2,1-2H3,(H,33,34)(H,35,36). The van der Waals surface area contributed by atoms with E-state index in [2.05, 4.69) is 0 Å². The van der Waals surface area contributed by atoms with Gasteiger partial charge in [-0.25, -0.2) is 9.36 Å². The lowest BCUT2D eigenvalue weighted by Crippen LogP contribution is -2.36. The second-order valence-electron chi connectivity index (χ2n) is 8.56. The summed E-state index contributed by atoms with van der Waals surface area (Å²) in [5.41, 5.74) is 1.16. The van der Waals surface area contributed by atoms with Gasteiger partial charge in [0.1, 0.15) is 0 Å². The van der Waals surface area contributed by atoms with Crippen LogP contribution in [0.2, 0.25) is 0 Å². The maximum absolute atomic E-state index is 13.6. The highest BCUT2D eigenvalue weighted by atomic mass is 16.4. The minimum absolute atomic E-state index is 0.258. The van der Waals surface area contributed by atoms with Gasteiger partial charge in [0, 0.05) is 0 Å². The lowest BCUT2D eigenvalue weighted by molar-refractivity contribution is -0.139. The Labute approximate surface area is 206 Å². The molecule has 0 amide bonds. The second kappa shape index (κ2) is 10.0. The fraction of sp³-hybridized carbons (Fsp3) is 0.214. The number of carboxylic acids is 2. The molecule has 3 aromatic carbocycles. The molecule has 0 saturated heterocycles. The monoisotopic (exact) mass is 486 g/mol. The van der Waals surface area contributed by atoms with Crippen molar-refractivity contribution in [2.45, 2.75) is 38.5 Å². The zero-order chi connectivity index (χ0) is 26.0. The van der Waals surface area contributed by atoms with Crippen LogP contribution in [-0.4, -0.2) is 31.5 Å². The van der Waals surface area contributed by atoms with Crippen molar-refractivity contribution in [2.24, 2.45) is 0 Å². The van der Waals surface area contributed by atoms with E-state index in [9.17, 15) is 29.4 Å². The number of aromatic nitrogens is 2. The van der Waals surface area contributed by atoms with Gasteiger partial charge in [-0.15, -0.1) is 0 Å². The van der Waals surface area contributed by atoms with Crippen LogP contribution in [0.4, 0.5) is 0 Å². The van der Waals surface area contributed by atoms with Gasteiger partial charge >= 0.3 is 11.9 Å². The predicted molar refractivity (Wildman–Crippen MR) is 136 cm³/mol. The van der Waals surface area contributed by atoms with Crippen molar-refractivity contribution in [2.75, 3.05) is 0 Å². The number of hydrogen-bond acceptors (Lipinski definition) is 4. The average molecular weight is 487 g/mol. The normalized spacial score (nSPS) is 12.8. The van der Waals surface area contributed by atoms with E-state index in [0.29, 0.717) is 35.3 Å². The second-order valence-corrected chi connectivity index (χ2v) is 8.56. The van der Waals surface area contributed by atoms with Gasteiger partial charge in [-0.1, -0.05) is 50.2 Å². The molecule has 0 aliphatic heterocycles. The quantitative estimate of drug-likeness (QED) is 0.383. The zero-order valence-corrected chi connectivity index (χ0v) is 19.9. The third-order valence-electron chi connectivity index (χ3n) is 6.47. The number of benzene rings is 3. The summed E-state index contributed by atoms with van der Waals surface area (Å²) in [5, 5.41) is 19.5. The van der Waals surface area contributed by atoms with E-state index in [-0.39, 0.29) is 10.8 Å². The lowest BCUT2D eigenvalue weighted by Gasteiger charge is -2.19. The maximum Gasteiger partial charge on any atom is 0.310 e. The lowest BCUT2D eigenvalue weighted by atomic mass is 9.96. The van der Waals surface area contributed by atoms with Gasteiger partial charge in [-0.05, 0) is 60.4 Å². The number of hydrogen-bond donors (Lipinski definition) is 2. The summed E-state index contributed by atoms with van der Waals surface area (Å²) in [6.45, 7) is 3.57. The molecule has 1 heterocycles. The van der Waals surface area contributed by atoms with Crippen LogP contribution in [-0.2, 0) is 9.59 Å². The molecule has 184 valence electrons. The molecule has 2 unspecified atom stereocenters. The van der Waals surface area contributed by atoms with Crippen LogP contribution in [0.3, 0.4) is 0 Å². The Kier molecular flexibility index (Phi) is 6.87. The molecular formula is C28H26N2O6. The van der Waals surface area contributed by atoms with Crippen LogP contribution >= 0.6 is 0 Å². The Morgan fingerprint density at radius 2 is 0.972 bits per heavy atom. The van der Waals surface area contributed by atoms with E-state index in [0.717, 1.165) is 0 Å². The molecule has 36 heavy (non-hydrogen) atoms. The van der Waals surface area contributed by atoms with Crippen molar-refractivity contribution in [3.63, 3.8) is 0 Å². The smallest absolute Gasteiger partial charge is 0.310 e. The van der Waals surface area contributed by atoms with Crippen LogP contribution < -0.4 is 11.1 Å². The third-order valence-corrected chi connectivity index (χ3v) is 6.47. The Morgan fingerprint density at radius 1 is 0.639 bits per heavy atom. The molecule has 0 aliphatic rings. The van der Waals surface area contributed by atoms with Crippen molar-refractivity contribution in [3.05, 3.63) is 105 Å². The maximum atomic E-state index is 13.6. The van der Waals surface area contributed by atoms with Crippen molar-refractivity contribution < 1.29 is 19.8 Å². The van der Waals surface area contributed by atoms with Crippen molar-refractivity contribution in [3.8, 4) is 11.4 Å². The first kappa shape index (κ1) is 24.7. The van der Waals surface area contributed by atoms with E-state index in [1.54, 1.807) is 86.6 Å². The fourth-order valence-corrected chi connectivity index (χ4v) is 4.53. The van der Waals surface area contributed by atoms with E-state index in [1.807, 2.05) is 0 Å². The number of carboxylic acid groups (broad SMARTS) is 2. The average Bonchev–Trinajstić information content (AvgIpc) is 2.87. The van der Waals surface area contributed by atoms with Crippen LogP contribution in [0, 0.1) is 0 Å². The molecule has 2 N–H and O–H groups in total. The minimum Gasteiger partial charge on any atom is -0.481 e. The highest BCUT2D eigenvalue weighted by Gasteiger charge is 2.21. The first-order valence-corrected chi connectivity index (χ1v) is 11.7. The zero-order valence-electron chi connectivity index (χ0n) is 19.9. The molecule has 4 rings (SSSR count). The third kappa shape index (κ3) is 4.33. The van der Waals surface area contributed by atoms with Gasteiger partial charge in [-0.3, -0.25) is 19.2 Å². The van der Waals surface area contributed by atoms with Gasteiger partial charge in [0.05, 0.1) is 34.0 Å². The van der Waals surface area contributed by atoms with E-state index in [1.165, 1.54) is 9.36 Å². The minimum atomic E-state index is -0.933. The Bertz CT molecular complexity index is 1430. The van der Waals surface area contributed by atoms with Gasteiger partial charge < -0.3 is 10.2 Å². The topological polar surface area (TPSA) is 119 Å². The molecule has 0 radical (unpaired) electrons. The van der Waals surface area contributed by atoms with Crippen LogP contribution in [0.25, 0.3) is 22.1 Å². The van der Waals surface area contributed by atoms with Crippen LogP contribution in [0.15, 0.2) is 82.4 Å². The molecular weight excluding hydrogens is 460 g/mol. The summed E-state index contributed by atoms with van der Waals surface area (Å²) >= 11 is 0. The number of fused-ring (bicyclic) bond motifs is 1. The number of rotatable bonds is 8. The highest BCUT2D eigenvalue weighted by Crippen LogP contribution is 2.23. The van der Waals surface area contributed by atoms with Gasteiger partial charge in [-0.2, -0.15) is 0 Å². The summed E-state index contributed by atoms with van der Waals surface area (Å²) in [7, 11) is 0. The Morgan fingerprint density at radius 3 is 1.25 bits per heavy atom. The van der Waals surface area contributed by atoms with E-state index in [4.69, 9.17) is 0 Å². The first-order chi connectivity index (χ1) is 17.3. The predicted octanol–water partition coefficient (Wildman–Crippen LogP) is 4.30. The summed E-state index contributed by atoms with van der Waals surface area (Å²) in [6.07, 6.45) is 0.827. The van der Waals surface area contributed by atoms with Crippen molar-refractivity contribution >= 4 is 22.7 Å². The number of aliphatic carboxylic acids is 2. The SMILES string of the molecule is CCC(C(=O)O)c1ccc(-n2c(=O)c3ccccc3c(=O)n2-c2ccc(C(CC)C(=O)O)cc2)cc1. The summed E-state index contributed by atoms with van der Waals surface area (Å²) in [5.74, 6) is -3.22. The largest absolute Gasteiger partial charge is 0.481 e. The van der Waals surface area contributed by atoms with Crippen LogP contribution in [0.1, 0.15) is 49.7 Å².